The van der Waals surface area contributed by atoms with Crippen molar-refractivity contribution in [2.75, 3.05) is 13.7 Å². The molecule has 4 rings (SSSR count). The van der Waals surface area contributed by atoms with E-state index in [1.54, 1.807) is 30.1 Å². The number of carbonyl (C=O) groups is 1. The molecule has 5 heteroatoms. The molecule has 1 amide bonds. The third-order valence-corrected chi connectivity index (χ3v) is 5.12. The van der Waals surface area contributed by atoms with Crippen LogP contribution in [0.4, 0.5) is 10.1 Å². The van der Waals surface area contributed by atoms with Gasteiger partial charge >= 0.3 is 0 Å². The number of fused-ring (bicyclic) bond motifs is 1. The molecule has 3 aromatic carbocycles. The van der Waals surface area contributed by atoms with Crippen LogP contribution in [-0.2, 0) is 13.0 Å². The maximum absolute atomic E-state index is 13.7. The Morgan fingerprint density at radius 2 is 2.00 bits per heavy atom. The van der Waals surface area contributed by atoms with Crippen molar-refractivity contribution in [1.82, 2.24) is 4.90 Å². The highest BCUT2D eigenvalue weighted by atomic mass is 19.1. The summed E-state index contributed by atoms with van der Waals surface area (Å²) in [6.07, 6.45) is 2.73. The van der Waals surface area contributed by atoms with Gasteiger partial charge < -0.3 is 9.64 Å². The van der Waals surface area contributed by atoms with E-state index < -0.39 is 0 Å². The minimum absolute atomic E-state index is 0.0986. The number of carbonyl (C=O) groups excluding carboxylic acids is 1. The molecule has 0 radical (unpaired) electrons. The summed E-state index contributed by atoms with van der Waals surface area (Å²) < 4.78 is 19.4. The zero-order valence-electron chi connectivity index (χ0n) is 17.1. The Kier molecular flexibility index (Phi) is 5.61. The summed E-state index contributed by atoms with van der Waals surface area (Å²) in [5.74, 6) is 0.158. The van der Waals surface area contributed by atoms with Crippen LogP contribution in [0.15, 0.2) is 65.7 Å². The fraction of sp³-hybridized carbons (Fsp3) is 0.200. The summed E-state index contributed by atoms with van der Waals surface area (Å²) in [7, 11) is 1.78. The third-order valence-electron chi connectivity index (χ3n) is 5.12. The highest BCUT2D eigenvalue weighted by molar-refractivity contribution is 5.95. The smallest absolute Gasteiger partial charge is 0.254 e. The SMILES string of the molecule is CCOc1cc(C(=O)N(C)Cc2ccc3c(c2)CC=N3)ccc1-c1cccc(F)c1. The minimum Gasteiger partial charge on any atom is -0.493 e. The zero-order valence-corrected chi connectivity index (χ0v) is 17.1. The third kappa shape index (κ3) is 4.10. The maximum Gasteiger partial charge on any atom is 0.254 e. The quantitative estimate of drug-likeness (QED) is 0.552. The van der Waals surface area contributed by atoms with Crippen LogP contribution in [0.2, 0.25) is 0 Å². The Balaban J connectivity index is 1.56. The maximum atomic E-state index is 13.7. The number of hydrogen-bond acceptors (Lipinski definition) is 3. The van der Waals surface area contributed by atoms with E-state index in [9.17, 15) is 9.18 Å². The van der Waals surface area contributed by atoms with Crippen LogP contribution >= 0.6 is 0 Å². The van der Waals surface area contributed by atoms with Crippen molar-refractivity contribution in [2.45, 2.75) is 19.9 Å². The number of benzene rings is 3. The fourth-order valence-electron chi connectivity index (χ4n) is 3.66. The number of ether oxygens (including phenoxy) is 1. The van der Waals surface area contributed by atoms with Crippen molar-refractivity contribution in [3.63, 3.8) is 0 Å². The van der Waals surface area contributed by atoms with Crippen molar-refractivity contribution in [3.05, 3.63) is 83.2 Å². The minimum atomic E-state index is -0.311. The highest BCUT2D eigenvalue weighted by Crippen LogP contribution is 2.32. The molecule has 0 aliphatic carbocycles. The van der Waals surface area contributed by atoms with Crippen molar-refractivity contribution in [2.24, 2.45) is 4.99 Å². The average molecular weight is 402 g/mol. The molecule has 0 spiro atoms. The molecule has 0 saturated heterocycles. The topological polar surface area (TPSA) is 41.9 Å². The number of rotatable bonds is 6. The predicted molar refractivity (Wildman–Crippen MR) is 117 cm³/mol. The standard InChI is InChI=1S/C25H23FN2O2/c1-3-30-24-15-20(8-9-22(24)18-5-4-6-21(26)14-18)25(29)28(2)16-17-7-10-23-19(13-17)11-12-27-23/h4-10,12-15H,3,11,16H2,1-2H3. The Morgan fingerprint density at radius 3 is 2.80 bits per heavy atom. The van der Waals surface area contributed by atoms with E-state index in [4.69, 9.17) is 4.74 Å². The molecule has 1 aliphatic rings. The molecule has 30 heavy (non-hydrogen) atoms. The molecule has 0 fully saturated rings. The van der Waals surface area contributed by atoms with Gasteiger partial charge in [0.05, 0.1) is 12.3 Å². The summed E-state index contributed by atoms with van der Waals surface area (Å²) >= 11 is 0. The number of aliphatic imine (C=N–C) groups is 1. The molecule has 0 saturated carbocycles. The second-order valence-electron chi connectivity index (χ2n) is 7.29. The lowest BCUT2D eigenvalue weighted by Gasteiger charge is -2.19. The van der Waals surface area contributed by atoms with Crippen LogP contribution in [0.1, 0.15) is 28.4 Å². The van der Waals surface area contributed by atoms with Gasteiger partial charge in [0.1, 0.15) is 11.6 Å². The summed E-state index contributed by atoms with van der Waals surface area (Å²) in [5.41, 5.74) is 5.26. The largest absolute Gasteiger partial charge is 0.493 e. The van der Waals surface area contributed by atoms with Gasteiger partial charge in [-0.05, 0) is 60.0 Å². The highest BCUT2D eigenvalue weighted by Gasteiger charge is 2.17. The molecule has 0 unspecified atom stereocenters. The molecule has 1 aliphatic heterocycles. The van der Waals surface area contributed by atoms with Gasteiger partial charge in [0, 0.05) is 37.4 Å². The Bertz CT molecular complexity index is 1120. The van der Waals surface area contributed by atoms with E-state index in [1.165, 1.54) is 17.7 Å². The molecule has 0 bridgehead atoms. The van der Waals surface area contributed by atoms with Crippen LogP contribution in [0.3, 0.4) is 0 Å². The second kappa shape index (κ2) is 8.49. The van der Waals surface area contributed by atoms with E-state index in [0.29, 0.717) is 30.0 Å². The van der Waals surface area contributed by atoms with Crippen LogP contribution in [0.5, 0.6) is 5.75 Å². The Morgan fingerprint density at radius 1 is 1.13 bits per heavy atom. The van der Waals surface area contributed by atoms with Crippen molar-refractivity contribution < 1.29 is 13.9 Å². The monoisotopic (exact) mass is 402 g/mol. The summed E-state index contributed by atoms with van der Waals surface area (Å²) in [4.78, 5) is 19.0. The molecule has 0 atom stereocenters. The Labute approximate surface area is 175 Å². The summed E-state index contributed by atoms with van der Waals surface area (Å²) in [6.45, 7) is 2.84. The number of hydrogen-bond donors (Lipinski definition) is 0. The summed E-state index contributed by atoms with van der Waals surface area (Å²) in [5, 5.41) is 0. The molecule has 1 heterocycles. The molecule has 152 valence electrons. The van der Waals surface area contributed by atoms with Crippen molar-refractivity contribution in [1.29, 1.82) is 0 Å². The van der Waals surface area contributed by atoms with Gasteiger partial charge in [0.25, 0.3) is 5.91 Å². The van der Waals surface area contributed by atoms with E-state index in [-0.39, 0.29) is 11.7 Å². The van der Waals surface area contributed by atoms with Gasteiger partial charge in [-0.25, -0.2) is 4.39 Å². The lowest BCUT2D eigenvalue weighted by atomic mass is 10.0. The van der Waals surface area contributed by atoms with Gasteiger partial charge in [-0.2, -0.15) is 0 Å². The van der Waals surface area contributed by atoms with Crippen molar-refractivity contribution >= 4 is 17.8 Å². The molecular formula is C25H23FN2O2. The number of halogens is 1. The van der Waals surface area contributed by atoms with E-state index in [1.807, 2.05) is 37.4 Å². The van der Waals surface area contributed by atoms with Crippen molar-refractivity contribution in [3.8, 4) is 16.9 Å². The lowest BCUT2D eigenvalue weighted by Crippen LogP contribution is -2.26. The van der Waals surface area contributed by atoms with Gasteiger partial charge in [-0.1, -0.05) is 24.3 Å². The predicted octanol–water partition coefficient (Wildman–Crippen LogP) is 5.42. The number of amides is 1. The first-order valence-electron chi connectivity index (χ1n) is 9.97. The van der Waals surface area contributed by atoms with Gasteiger partial charge in [-0.3, -0.25) is 9.79 Å². The average Bonchev–Trinajstić information content (AvgIpc) is 3.21. The first-order chi connectivity index (χ1) is 14.5. The normalized spacial score (nSPS) is 12.0. The molecule has 0 N–H and O–H groups in total. The summed E-state index contributed by atoms with van der Waals surface area (Å²) in [6, 6.07) is 17.8. The van der Waals surface area contributed by atoms with Gasteiger partial charge in [0.15, 0.2) is 0 Å². The molecular weight excluding hydrogens is 379 g/mol. The molecule has 0 aromatic heterocycles. The van der Waals surface area contributed by atoms with E-state index in [2.05, 4.69) is 11.1 Å². The molecule has 3 aromatic rings. The zero-order chi connectivity index (χ0) is 21.1. The Hall–Kier alpha value is -3.47. The molecule has 4 nitrogen and oxygen atoms in total. The fourth-order valence-corrected chi connectivity index (χ4v) is 3.66. The van der Waals surface area contributed by atoms with E-state index in [0.717, 1.165) is 23.2 Å². The van der Waals surface area contributed by atoms with Crippen LogP contribution in [-0.4, -0.2) is 30.7 Å². The van der Waals surface area contributed by atoms with E-state index >= 15 is 0 Å². The van der Waals surface area contributed by atoms with Gasteiger partial charge in [0.2, 0.25) is 0 Å². The van der Waals surface area contributed by atoms with Gasteiger partial charge in [-0.15, -0.1) is 0 Å². The first kappa shape index (κ1) is 19.8. The van der Waals surface area contributed by atoms with Crippen LogP contribution in [0, 0.1) is 5.82 Å². The van der Waals surface area contributed by atoms with Crippen LogP contribution in [0.25, 0.3) is 11.1 Å². The van der Waals surface area contributed by atoms with Crippen LogP contribution < -0.4 is 4.74 Å². The second-order valence-corrected chi connectivity index (χ2v) is 7.29. The lowest BCUT2D eigenvalue weighted by molar-refractivity contribution is 0.0784. The first-order valence-corrected chi connectivity index (χ1v) is 9.97. The number of nitrogens with zero attached hydrogens (tertiary/aromatic N) is 2.